The number of hydrogen-bond donors (Lipinski definition) is 8. The van der Waals surface area contributed by atoms with E-state index in [0.717, 1.165) is 39.0 Å². The number of aliphatic hydroxyl groups is 1. The molecule has 5 rings (SSSR count). The number of nitrogens with zero attached hydrogens (tertiary/aromatic N) is 5. The van der Waals surface area contributed by atoms with Gasteiger partial charge in [0.25, 0.3) is 23.6 Å². The van der Waals surface area contributed by atoms with E-state index in [1.807, 2.05) is 32.0 Å². The van der Waals surface area contributed by atoms with Crippen LogP contribution in [0.1, 0.15) is 125 Å². The highest BCUT2D eigenvalue weighted by atomic mass is 16.6. The highest BCUT2D eigenvalue weighted by molar-refractivity contribution is 6.14. The summed E-state index contributed by atoms with van der Waals surface area (Å²) >= 11 is 0. The highest BCUT2D eigenvalue weighted by Gasteiger charge is 2.44. The molecule has 0 aliphatic carbocycles. The summed E-state index contributed by atoms with van der Waals surface area (Å²) in [4.78, 5) is 180. The van der Waals surface area contributed by atoms with Crippen LogP contribution in [0.2, 0.25) is 0 Å². The number of primary amides is 1. The molecule has 12 atom stereocenters. The number of nitrogens with two attached hydrogens (primary N) is 1. The van der Waals surface area contributed by atoms with E-state index in [1.54, 1.807) is 91.6 Å². The zero-order valence-electron chi connectivity index (χ0n) is 60.4. The normalized spacial score (nSPS) is 17.8. The third-order valence-electron chi connectivity index (χ3n) is 18.6. The second-order valence-corrected chi connectivity index (χ2v) is 27.0. The van der Waals surface area contributed by atoms with Crippen molar-refractivity contribution in [1.29, 1.82) is 0 Å². The first-order chi connectivity index (χ1) is 47.7. The molecule has 0 radical (unpaired) electrons. The Balaban J connectivity index is 1.19. The molecular weight excluding hydrogens is 1310 g/mol. The number of amides is 14. The second kappa shape index (κ2) is 39.2. The number of aliphatic hydroxyl groups excluding tert-OH is 1. The van der Waals surface area contributed by atoms with Gasteiger partial charge in [-0.05, 0) is 79.5 Å². The van der Waals surface area contributed by atoms with E-state index in [1.165, 1.54) is 38.3 Å². The number of carbonyl (C=O) groups excluding carboxylic acids is 13. The number of benzene rings is 2. The third kappa shape index (κ3) is 23.2. The van der Waals surface area contributed by atoms with Crippen LogP contribution in [0, 0.1) is 29.6 Å². The van der Waals surface area contributed by atoms with Gasteiger partial charge in [0.05, 0.1) is 68.0 Å². The van der Waals surface area contributed by atoms with Gasteiger partial charge in [-0.3, -0.25) is 67.4 Å². The molecule has 30 heteroatoms. The van der Waals surface area contributed by atoms with Gasteiger partial charge < -0.3 is 71.5 Å². The molecule has 101 heavy (non-hydrogen) atoms. The lowest BCUT2D eigenvalue weighted by Crippen LogP contribution is -2.60. The van der Waals surface area contributed by atoms with Crippen molar-refractivity contribution in [2.75, 3.05) is 66.4 Å². The average molecular weight is 1410 g/mol. The molecular formula is C71H104N12O18. The lowest BCUT2D eigenvalue weighted by atomic mass is 9.89. The van der Waals surface area contributed by atoms with Gasteiger partial charge in [0, 0.05) is 71.4 Å². The first-order valence-corrected chi connectivity index (χ1v) is 34.3. The van der Waals surface area contributed by atoms with Crippen molar-refractivity contribution in [3.63, 3.8) is 0 Å². The van der Waals surface area contributed by atoms with Crippen LogP contribution < -0.4 is 37.6 Å². The number of likely N-dealkylation sites (tertiary alicyclic amines) is 1. The summed E-state index contributed by atoms with van der Waals surface area (Å²) < 4.78 is 23.5. The minimum absolute atomic E-state index is 0.0143. The Morgan fingerprint density at radius 1 is 0.683 bits per heavy atom. The number of anilines is 1. The number of nitrogens with one attached hydrogen (secondary N) is 6. The fraction of sp³-hybridized carbons (Fsp3) is 0.592. The summed E-state index contributed by atoms with van der Waals surface area (Å²) in [7, 11) is 6.02. The third-order valence-corrected chi connectivity index (χ3v) is 18.6. The fourth-order valence-corrected chi connectivity index (χ4v) is 12.6. The molecule has 0 spiro atoms. The van der Waals surface area contributed by atoms with E-state index >= 15 is 0 Å². The summed E-state index contributed by atoms with van der Waals surface area (Å²) in [6.07, 6.45) is 1.56. The topological polar surface area (TPSA) is 393 Å². The lowest BCUT2D eigenvalue weighted by Gasteiger charge is -2.41. The van der Waals surface area contributed by atoms with Crippen LogP contribution in [0.5, 0.6) is 0 Å². The number of ether oxygens (including phenoxy) is 4. The van der Waals surface area contributed by atoms with E-state index in [2.05, 4.69) is 31.9 Å². The number of methoxy groups -OCH3 is 2. The van der Waals surface area contributed by atoms with Gasteiger partial charge in [-0.15, -0.1) is 0 Å². The standard InChI is InChI=1S/C71H104N12O18/c1-15-43(8)62(52(98-13)35-58(89)81-34-20-24-51(81)64(99-14)44(9)65(91)74-45(10)63(90)47-21-17-16-18-22-47)79(11)69(95)60(41(4)5)78-68(94)61(42(6)7)80(12)71(97)101-38-46-25-27-48(28-26-46)75-66(92)50(23-19-33-73-70(72)96)76-67(93)59(40(2)3)77-53(84)39-100-49(36-82-54(85)29-30-55(82)86)37-83-56(87)31-32-57(83)88/h16-18,21-22,25-32,40-45,49-52,59-64,90H,15,19-20,23-24,33-39H2,1-14H3,(H,74,91)(H,75,92)(H,76,93)(H,77,84)(H,78,94)(H3,72,73,96). The van der Waals surface area contributed by atoms with Crippen LogP contribution in [0.25, 0.3) is 0 Å². The van der Waals surface area contributed by atoms with E-state index in [-0.39, 0.29) is 55.8 Å². The Bertz CT molecular complexity index is 3210. The number of carbonyl (C=O) groups is 13. The fourth-order valence-electron chi connectivity index (χ4n) is 12.6. The van der Waals surface area contributed by atoms with Gasteiger partial charge in [-0.25, -0.2) is 9.59 Å². The van der Waals surface area contributed by atoms with Gasteiger partial charge in [0.15, 0.2) is 0 Å². The minimum Gasteiger partial charge on any atom is -0.445 e. The van der Waals surface area contributed by atoms with Crippen molar-refractivity contribution in [3.8, 4) is 0 Å². The summed E-state index contributed by atoms with van der Waals surface area (Å²) in [5.41, 5.74) is 6.66. The zero-order chi connectivity index (χ0) is 75.1. The Labute approximate surface area is 590 Å². The average Bonchev–Trinajstić information content (AvgIpc) is 1.79. The quantitative estimate of drug-likeness (QED) is 0.0352. The van der Waals surface area contributed by atoms with Crippen molar-refractivity contribution in [2.45, 2.75) is 181 Å². The van der Waals surface area contributed by atoms with Gasteiger partial charge in [-0.1, -0.05) is 111 Å². The van der Waals surface area contributed by atoms with Crippen LogP contribution in [-0.4, -0.2) is 228 Å². The largest absolute Gasteiger partial charge is 0.445 e. The molecule has 3 aliphatic rings. The number of likely N-dealkylation sites (N-methyl/N-ethyl adjacent to an activating group) is 2. The summed E-state index contributed by atoms with van der Waals surface area (Å²) in [6.45, 7) is 16.3. The number of imide groups is 2. The van der Waals surface area contributed by atoms with Gasteiger partial charge in [0.2, 0.25) is 41.4 Å². The maximum Gasteiger partial charge on any atom is 0.410 e. The highest BCUT2D eigenvalue weighted by Crippen LogP contribution is 2.31. The Morgan fingerprint density at radius 3 is 1.79 bits per heavy atom. The molecule has 3 aliphatic heterocycles. The Hall–Kier alpha value is -9.13. The van der Waals surface area contributed by atoms with Crippen molar-refractivity contribution in [2.24, 2.45) is 35.3 Å². The molecule has 0 bridgehead atoms. The van der Waals surface area contributed by atoms with Crippen LogP contribution in [-0.2, 0) is 78.3 Å². The monoisotopic (exact) mass is 1410 g/mol. The van der Waals surface area contributed by atoms with Crippen LogP contribution >= 0.6 is 0 Å². The molecule has 0 aromatic heterocycles. The molecule has 2 aromatic carbocycles. The molecule has 0 saturated carbocycles. The zero-order valence-corrected chi connectivity index (χ0v) is 60.4. The molecule has 14 amide bonds. The van der Waals surface area contributed by atoms with E-state index in [0.29, 0.717) is 36.9 Å². The number of urea groups is 1. The van der Waals surface area contributed by atoms with Crippen molar-refractivity contribution in [1.82, 2.24) is 51.1 Å². The summed E-state index contributed by atoms with van der Waals surface area (Å²) in [5, 5.41) is 27.3. The molecule has 2 aromatic rings. The van der Waals surface area contributed by atoms with Gasteiger partial charge in [-0.2, -0.15) is 0 Å². The molecule has 12 unspecified atom stereocenters. The maximum absolute atomic E-state index is 14.8. The van der Waals surface area contributed by atoms with Crippen LogP contribution in [0.15, 0.2) is 78.9 Å². The van der Waals surface area contributed by atoms with Crippen molar-refractivity contribution in [3.05, 3.63) is 90.0 Å². The predicted octanol–water partition coefficient (Wildman–Crippen LogP) is 2.83. The first-order valence-electron chi connectivity index (χ1n) is 34.3. The smallest absolute Gasteiger partial charge is 0.410 e. The van der Waals surface area contributed by atoms with E-state index < -0.39 is 175 Å². The molecule has 1 saturated heterocycles. The molecule has 9 N–H and O–H groups in total. The minimum atomic E-state index is -1.25. The SMILES string of the molecule is CCC(C)C(C(CC(=O)N1CCCC1C(OC)C(C)C(=O)NC(C)C(O)c1ccccc1)OC)N(C)C(=O)C(NC(=O)C(C(C)C)N(C)C(=O)OCc1ccc(NC(=O)C(CCCNC(N)=O)NC(=O)C(NC(=O)COC(CN2C(=O)C=CC2=O)CN2C(=O)C=CC2=O)C(C)C)cc1)C(C)C. The molecule has 3 heterocycles. The Morgan fingerprint density at radius 2 is 1.27 bits per heavy atom. The first kappa shape index (κ1) is 82.5. The number of rotatable bonds is 39. The molecule has 1 fully saturated rings. The summed E-state index contributed by atoms with van der Waals surface area (Å²) in [5.74, 6) is -8.97. The predicted molar refractivity (Wildman–Crippen MR) is 371 cm³/mol. The number of hydrogen-bond acceptors (Lipinski definition) is 18. The van der Waals surface area contributed by atoms with Crippen LogP contribution in [0.3, 0.4) is 0 Å². The molecule has 30 nitrogen and oxygen atoms in total. The van der Waals surface area contributed by atoms with Gasteiger partial charge >= 0.3 is 12.1 Å². The Kier molecular flexibility index (Phi) is 32.0. The van der Waals surface area contributed by atoms with Crippen molar-refractivity contribution >= 4 is 82.8 Å². The molecule has 556 valence electrons. The van der Waals surface area contributed by atoms with Crippen molar-refractivity contribution < 1.29 is 86.4 Å². The van der Waals surface area contributed by atoms with Crippen LogP contribution in [0.4, 0.5) is 15.3 Å². The lowest BCUT2D eigenvalue weighted by molar-refractivity contribution is -0.148. The maximum atomic E-state index is 14.8. The van der Waals surface area contributed by atoms with E-state index in [4.69, 9.17) is 24.7 Å². The second-order valence-electron chi connectivity index (χ2n) is 27.0. The van der Waals surface area contributed by atoms with E-state index in [9.17, 15) is 67.4 Å². The summed E-state index contributed by atoms with van der Waals surface area (Å²) in [6, 6.07) is 8.00. The van der Waals surface area contributed by atoms with Gasteiger partial charge in [0.1, 0.15) is 37.4 Å².